The molecule has 3 N–H and O–H groups in total. The SMILES string of the molecule is C[C@]12O[C@@H](n3cc(F)c4c(N)nc(Cl)nc43)CC1C2O. The molecular formula is C12H12ClFN4O2. The number of hydrogen-bond donors (Lipinski definition) is 2. The number of halogens is 2. The lowest BCUT2D eigenvalue weighted by Crippen LogP contribution is -2.19. The third kappa shape index (κ3) is 1.40. The van der Waals surface area contributed by atoms with Crippen molar-refractivity contribution in [2.45, 2.75) is 31.3 Å². The third-order valence-corrected chi connectivity index (χ3v) is 4.55. The average molecular weight is 299 g/mol. The maximum atomic E-state index is 14.0. The molecule has 0 aromatic carbocycles. The molecule has 1 aliphatic carbocycles. The summed E-state index contributed by atoms with van der Waals surface area (Å²) in [5.74, 6) is -0.433. The fourth-order valence-electron chi connectivity index (χ4n) is 3.12. The lowest BCUT2D eigenvalue weighted by atomic mass is 10.2. The van der Waals surface area contributed by atoms with Crippen molar-refractivity contribution in [2.24, 2.45) is 5.92 Å². The van der Waals surface area contributed by atoms with Gasteiger partial charge in [0, 0.05) is 18.5 Å². The minimum atomic E-state index is -0.542. The summed E-state index contributed by atoms with van der Waals surface area (Å²) in [7, 11) is 0. The van der Waals surface area contributed by atoms with Gasteiger partial charge in [0.05, 0.1) is 17.1 Å². The quantitative estimate of drug-likeness (QED) is 0.779. The van der Waals surface area contributed by atoms with Gasteiger partial charge in [0.1, 0.15) is 12.0 Å². The van der Waals surface area contributed by atoms with Gasteiger partial charge in [0.15, 0.2) is 11.5 Å². The Morgan fingerprint density at radius 1 is 1.60 bits per heavy atom. The van der Waals surface area contributed by atoms with Gasteiger partial charge in [0.2, 0.25) is 5.28 Å². The number of nitrogens with zero attached hydrogens (tertiary/aromatic N) is 3. The number of aliphatic hydroxyl groups is 1. The van der Waals surface area contributed by atoms with Gasteiger partial charge in [-0.15, -0.1) is 0 Å². The standard InChI is InChI=1S/C12H12ClFN4O2/c1-12-4(8(12)19)2-6(20-12)18-3-5(14)7-9(15)16-11(13)17-10(7)18/h3-4,6,8,19H,2H2,1H3,(H2,15,16,17)/t4?,6-,8?,12+/m1/s1. The molecular weight excluding hydrogens is 287 g/mol. The van der Waals surface area contributed by atoms with Crippen LogP contribution in [-0.2, 0) is 4.74 Å². The van der Waals surface area contributed by atoms with Gasteiger partial charge >= 0.3 is 0 Å². The Morgan fingerprint density at radius 2 is 2.35 bits per heavy atom. The van der Waals surface area contributed by atoms with Crippen LogP contribution >= 0.6 is 11.6 Å². The molecule has 2 aromatic rings. The summed E-state index contributed by atoms with van der Waals surface area (Å²) in [5.41, 5.74) is 5.45. The highest BCUT2D eigenvalue weighted by Crippen LogP contribution is 2.59. The molecule has 1 saturated heterocycles. The lowest BCUT2D eigenvalue weighted by Gasteiger charge is -2.19. The van der Waals surface area contributed by atoms with E-state index in [2.05, 4.69) is 9.97 Å². The largest absolute Gasteiger partial charge is 0.390 e. The fraction of sp³-hybridized carbons (Fsp3) is 0.500. The summed E-state index contributed by atoms with van der Waals surface area (Å²) in [6, 6.07) is 0. The number of hydrogen-bond acceptors (Lipinski definition) is 5. The molecule has 6 nitrogen and oxygen atoms in total. The van der Waals surface area contributed by atoms with Gasteiger partial charge in [-0.3, -0.25) is 0 Å². The van der Waals surface area contributed by atoms with E-state index in [0.717, 1.165) is 0 Å². The predicted molar refractivity (Wildman–Crippen MR) is 69.5 cm³/mol. The molecule has 2 unspecified atom stereocenters. The number of rotatable bonds is 1. The molecule has 2 fully saturated rings. The maximum Gasteiger partial charge on any atom is 0.226 e. The molecule has 2 aliphatic rings. The summed E-state index contributed by atoms with van der Waals surface area (Å²) in [5, 5.41) is 9.81. The Balaban J connectivity index is 1.82. The molecule has 0 bridgehead atoms. The van der Waals surface area contributed by atoms with Crippen molar-refractivity contribution in [1.29, 1.82) is 0 Å². The first-order valence-electron chi connectivity index (χ1n) is 6.26. The highest BCUT2D eigenvalue weighted by atomic mass is 35.5. The first kappa shape index (κ1) is 12.3. The summed E-state index contributed by atoms with van der Waals surface area (Å²) in [4.78, 5) is 7.79. The predicted octanol–water partition coefficient (Wildman–Crippen LogP) is 1.47. The molecule has 0 radical (unpaired) electrons. The van der Waals surface area contributed by atoms with E-state index in [0.29, 0.717) is 12.1 Å². The second-order valence-corrected chi connectivity index (χ2v) is 5.84. The molecule has 1 aliphatic heterocycles. The first-order chi connectivity index (χ1) is 9.41. The number of nitrogen functional groups attached to an aromatic ring is 1. The monoisotopic (exact) mass is 298 g/mol. The zero-order valence-corrected chi connectivity index (χ0v) is 11.3. The molecule has 4 atom stereocenters. The third-order valence-electron chi connectivity index (χ3n) is 4.38. The van der Waals surface area contributed by atoms with E-state index >= 15 is 0 Å². The zero-order valence-electron chi connectivity index (χ0n) is 10.5. The second kappa shape index (κ2) is 3.60. The number of ether oxygens (including phenoxy) is 1. The fourth-order valence-corrected chi connectivity index (χ4v) is 3.29. The van der Waals surface area contributed by atoms with Crippen molar-refractivity contribution in [2.75, 3.05) is 5.73 Å². The van der Waals surface area contributed by atoms with Gasteiger partial charge in [-0.05, 0) is 18.5 Å². The highest BCUT2D eigenvalue weighted by Gasteiger charge is 2.68. The number of aromatic nitrogens is 3. The van der Waals surface area contributed by atoms with Crippen LogP contribution in [-0.4, -0.2) is 31.3 Å². The number of fused-ring (bicyclic) bond motifs is 2. The number of nitrogens with two attached hydrogens (primary N) is 1. The van der Waals surface area contributed by atoms with Crippen LogP contribution in [0.15, 0.2) is 6.20 Å². The van der Waals surface area contributed by atoms with E-state index in [1.165, 1.54) is 6.20 Å². The normalized spacial score (nSPS) is 35.5. The lowest BCUT2D eigenvalue weighted by molar-refractivity contribution is -0.0554. The van der Waals surface area contributed by atoms with Crippen LogP contribution < -0.4 is 5.73 Å². The van der Waals surface area contributed by atoms with Crippen LogP contribution in [0.3, 0.4) is 0 Å². The van der Waals surface area contributed by atoms with Crippen LogP contribution in [0.2, 0.25) is 5.28 Å². The Morgan fingerprint density at radius 3 is 3.00 bits per heavy atom. The van der Waals surface area contributed by atoms with Crippen LogP contribution in [0.25, 0.3) is 11.0 Å². The Labute approximate surface area is 118 Å². The van der Waals surface area contributed by atoms with Crippen molar-refractivity contribution in [3.8, 4) is 0 Å². The summed E-state index contributed by atoms with van der Waals surface area (Å²) >= 11 is 5.78. The van der Waals surface area contributed by atoms with E-state index in [1.54, 1.807) is 4.57 Å². The average Bonchev–Trinajstić information content (AvgIpc) is 2.72. The summed E-state index contributed by atoms with van der Waals surface area (Å²) in [6.45, 7) is 1.85. The van der Waals surface area contributed by atoms with Gasteiger partial charge in [-0.25, -0.2) is 9.37 Å². The van der Waals surface area contributed by atoms with Crippen molar-refractivity contribution in [1.82, 2.24) is 14.5 Å². The van der Waals surface area contributed by atoms with E-state index in [9.17, 15) is 9.50 Å². The van der Waals surface area contributed by atoms with Gasteiger partial charge in [-0.2, -0.15) is 4.98 Å². The highest BCUT2D eigenvalue weighted by molar-refractivity contribution is 6.28. The molecule has 3 heterocycles. The van der Waals surface area contributed by atoms with E-state index < -0.39 is 17.5 Å². The molecule has 8 heteroatoms. The van der Waals surface area contributed by atoms with Crippen LogP contribution in [0.5, 0.6) is 0 Å². The van der Waals surface area contributed by atoms with Gasteiger partial charge < -0.3 is 20.1 Å². The van der Waals surface area contributed by atoms with Crippen LogP contribution in [0.4, 0.5) is 10.2 Å². The van der Waals surface area contributed by atoms with E-state index in [-0.39, 0.29) is 28.6 Å². The Kier molecular flexibility index (Phi) is 2.22. The van der Waals surface area contributed by atoms with Crippen LogP contribution in [0.1, 0.15) is 19.6 Å². The minimum absolute atomic E-state index is 0.00523. The molecule has 0 amide bonds. The Hall–Kier alpha value is -1.44. The van der Waals surface area contributed by atoms with Crippen molar-refractivity contribution < 1.29 is 14.2 Å². The van der Waals surface area contributed by atoms with E-state index in [1.807, 2.05) is 6.92 Å². The second-order valence-electron chi connectivity index (χ2n) is 5.50. The summed E-state index contributed by atoms with van der Waals surface area (Å²) in [6.07, 6.45) is 1.05. The number of anilines is 1. The maximum absolute atomic E-state index is 14.0. The van der Waals surface area contributed by atoms with Crippen molar-refractivity contribution in [3.05, 3.63) is 17.3 Å². The van der Waals surface area contributed by atoms with Crippen molar-refractivity contribution in [3.63, 3.8) is 0 Å². The topological polar surface area (TPSA) is 86.2 Å². The van der Waals surface area contributed by atoms with Gasteiger partial charge in [-0.1, -0.05) is 0 Å². The summed E-state index contributed by atoms with van der Waals surface area (Å²) < 4.78 is 21.4. The molecule has 2 aromatic heterocycles. The molecule has 20 heavy (non-hydrogen) atoms. The van der Waals surface area contributed by atoms with Gasteiger partial charge in [0.25, 0.3) is 0 Å². The first-order valence-corrected chi connectivity index (χ1v) is 6.64. The van der Waals surface area contributed by atoms with Crippen molar-refractivity contribution >= 4 is 28.5 Å². The molecule has 106 valence electrons. The smallest absolute Gasteiger partial charge is 0.226 e. The van der Waals surface area contributed by atoms with Crippen LogP contribution in [0, 0.1) is 11.7 Å². The molecule has 1 saturated carbocycles. The zero-order chi connectivity index (χ0) is 14.2. The Bertz CT molecular complexity index is 736. The molecule has 4 rings (SSSR count). The van der Waals surface area contributed by atoms with E-state index in [4.69, 9.17) is 22.1 Å². The minimum Gasteiger partial charge on any atom is -0.390 e. The molecule has 0 spiro atoms. The number of aliphatic hydroxyl groups excluding tert-OH is 1.